The van der Waals surface area contributed by atoms with Gasteiger partial charge in [0.05, 0.1) is 18.5 Å². The van der Waals surface area contributed by atoms with Crippen LogP contribution in [0.5, 0.6) is 5.75 Å². The zero-order valence-electron chi connectivity index (χ0n) is 8.79. The van der Waals surface area contributed by atoms with Crippen molar-refractivity contribution in [2.24, 2.45) is 0 Å². The normalized spacial score (nSPS) is 11.9. The highest BCUT2D eigenvalue weighted by Gasteiger charge is 2.12. The van der Waals surface area contributed by atoms with Crippen LogP contribution in [-0.4, -0.2) is 18.3 Å². The number of carbonyl (C=O) groups is 1. The Morgan fingerprint density at radius 3 is 2.80 bits per heavy atom. The third kappa shape index (κ3) is 3.23. The molecule has 3 nitrogen and oxygen atoms in total. The molecular weight excluding hydrogens is 258 g/mol. The first-order chi connectivity index (χ1) is 7.19. The Hall–Kier alpha value is -1.03. The van der Waals surface area contributed by atoms with Gasteiger partial charge in [0.15, 0.2) is 0 Å². The summed E-state index contributed by atoms with van der Waals surface area (Å²) in [6, 6.07) is 7.60. The minimum Gasteiger partial charge on any atom is -0.496 e. The predicted octanol–water partition coefficient (Wildman–Crippen LogP) is 2.27. The molecule has 15 heavy (non-hydrogen) atoms. The van der Waals surface area contributed by atoms with Crippen molar-refractivity contribution in [3.8, 4) is 5.75 Å². The number of alkyl halides is 1. The van der Waals surface area contributed by atoms with Crippen LogP contribution >= 0.6 is 15.9 Å². The first-order valence-electron chi connectivity index (χ1n) is 4.67. The van der Waals surface area contributed by atoms with Gasteiger partial charge in [-0.25, -0.2) is 0 Å². The summed E-state index contributed by atoms with van der Waals surface area (Å²) in [5.74, 6) is 0.758. The molecule has 0 aliphatic rings. The molecule has 0 saturated heterocycles. The van der Waals surface area contributed by atoms with Crippen molar-refractivity contribution in [1.82, 2.24) is 5.32 Å². The van der Waals surface area contributed by atoms with Crippen LogP contribution in [0.1, 0.15) is 18.5 Å². The Kier molecular flexibility index (Phi) is 4.62. The molecule has 1 rings (SSSR count). The molecule has 0 spiro atoms. The molecule has 1 N–H and O–H groups in total. The molecule has 1 aromatic rings. The van der Waals surface area contributed by atoms with Crippen LogP contribution in [0.3, 0.4) is 0 Å². The van der Waals surface area contributed by atoms with Crippen molar-refractivity contribution < 1.29 is 9.53 Å². The van der Waals surface area contributed by atoms with Gasteiger partial charge in [0.1, 0.15) is 5.75 Å². The standard InChI is InChI=1S/C11H14BrNO2/c1-8(13-11(14)7-12)9-5-3-4-6-10(9)15-2/h3-6,8H,7H2,1-2H3,(H,13,14). The van der Waals surface area contributed by atoms with E-state index >= 15 is 0 Å². The van der Waals surface area contributed by atoms with E-state index in [1.807, 2.05) is 31.2 Å². The molecule has 0 aliphatic carbocycles. The van der Waals surface area contributed by atoms with Gasteiger partial charge in [-0.05, 0) is 13.0 Å². The second kappa shape index (κ2) is 5.75. The Morgan fingerprint density at radius 2 is 2.20 bits per heavy atom. The van der Waals surface area contributed by atoms with E-state index in [0.29, 0.717) is 5.33 Å². The van der Waals surface area contributed by atoms with Crippen molar-refractivity contribution in [2.45, 2.75) is 13.0 Å². The number of rotatable bonds is 4. The maximum atomic E-state index is 11.2. The average Bonchev–Trinajstić information content (AvgIpc) is 2.28. The van der Waals surface area contributed by atoms with E-state index in [2.05, 4.69) is 21.2 Å². The number of halogens is 1. The third-order valence-corrected chi connectivity index (χ3v) is 2.61. The minimum absolute atomic E-state index is 0.0339. The van der Waals surface area contributed by atoms with E-state index in [1.165, 1.54) is 0 Å². The average molecular weight is 272 g/mol. The maximum absolute atomic E-state index is 11.2. The summed E-state index contributed by atoms with van der Waals surface area (Å²) in [5, 5.41) is 3.17. The Labute approximate surface area is 97.9 Å². The molecule has 4 heteroatoms. The lowest BCUT2D eigenvalue weighted by atomic mass is 10.1. The molecule has 82 valence electrons. The zero-order valence-corrected chi connectivity index (χ0v) is 10.4. The first-order valence-corrected chi connectivity index (χ1v) is 5.79. The number of hydrogen-bond donors (Lipinski definition) is 1. The van der Waals surface area contributed by atoms with Crippen LogP contribution in [0.2, 0.25) is 0 Å². The van der Waals surface area contributed by atoms with Crippen LogP contribution in [0, 0.1) is 0 Å². The fraction of sp³-hybridized carbons (Fsp3) is 0.364. The lowest BCUT2D eigenvalue weighted by molar-refractivity contribution is -0.119. The van der Waals surface area contributed by atoms with E-state index in [9.17, 15) is 4.79 Å². The number of para-hydroxylation sites is 1. The van der Waals surface area contributed by atoms with Crippen LogP contribution in [-0.2, 0) is 4.79 Å². The van der Waals surface area contributed by atoms with Crippen LogP contribution < -0.4 is 10.1 Å². The molecule has 1 amide bonds. The molecule has 1 aromatic carbocycles. The van der Waals surface area contributed by atoms with Gasteiger partial charge in [-0.15, -0.1) is 0 Å². The molecular formula is C11H14BrNO2. The zero-order chi connectivity index (χ0) is 11.3. The third-order valence-electron chi connectivity index (χ3n) is 2.10. The molecule has 0 radical (unpaired) electrons. The van der Waals surface area contributed by atoms with E-state index in [1.54, 1.807) is 7.11 Å². The number of nitrogens with one attached hydrogen (secondary N) is 1. The highest BCUT2D eigenvalue weighted by atomic mass is 79.9. The minimum atomic E-state index is -0.0498. The van der Waals surface area contributed by atoms with Crippen molar-refractivity contribution in [3.05, 3.63) is 29.8 Å². The quantitative estimate of drug-likeness (QED) is 0.854. The number of amides is 1. The maximum Gasteiger partial charge on any atom is 0.231 e. The highest BCUT2D eigenvalue weighted by molar-refractivity contribution is 9.09. The smallest absolute Gasteiger partial charge is 0.231 e. The summed E-state index contributed by atoms with van der Waals surface area (Å²) in [4.78, 5) is 11.2. The summed E-state index contributed by atoms with van der Waals surface area (Å²) in [5.41, 5.74) is 0.981. The fourth-order valence-corrected chi connectivity index (χ4v) is 1.54. The van der Waals surface area contributed by atoms with Crippen LogP contribution in [0.25, 0.3) is 0 Å². The van der Waals surface area contributed by atoms with Gasteiger partial charge in [-0.2, -0.15) is 0 Å². The number of methoxy groups -OCH3 is 1. The van der Waals surface area contributed by atoms with Gasteiger partial charge in [0.2, 0.25) is 5.91 Å². The van der Waals surface area contributed by atoms with Crippen molar-refractivity contribution in [1.29, 1.82) is 0 Å². The van der Waals surface area contributed by atoms with Crippen LogP contribution in [0.15, 0.2) is 24.3 Å². The van der Waals surface area contributed by atoms with Gasteiger partial charge < -0.3 is 10.1 Å². The second-order valence-corrected chi connectivity index (χ2v) is 3.73. The number of carbonyl (C=O) groups excluding carboxylic acids is 1. The Morgan fingerprint density at radius 1 is 1.53 bits per heavy atom. The Bertz CT molecular complexity index is 341. The largest absolute Gasteiger partial charge is 0.496 e. The van der Waals surface area contributed by atoms with Gasteiger partial charge in [0, 0.05) is 5.56 Å². The topological polar surface area (TPSA) is 38.3 Å². The van der Waals surface area contributed by atoms with Gasteiger partial charge >= 0.3 is 0 Å². The van der Waals surface area contributed by atoms with Crippen molar-refractivity contribution >= 4 is 21.8 Å². The molecule has 1 unspecified atom stereocenters. The number of ether oxygens (including phenoxy) is 1. The van der Waals surface area contributed by atoms with Crippen LogP contribution in [0.4, 0.5) is 0 Å². The van der Waals surface area contributed by atoms with E-state index in [4.69, 9.17) is 4.74 Å². The number of benzene rings is 1. The van der Waals surface area contributed by atoms with Crippen molar-refractivity contribution in [2.75, 3.05) is 12.4 Å². The summed E-state index contributed by atoms with van der Waals surface area (Å²) in [7, 11) is 1.62. The second-order valence-electron chi connectivity index (χ2n) is 3.16. The molecule has 0 aromatic heterocycles. The summed E-state index contributed by atoms with van der Waals surface area (Å²) in [6.07, 6.45) is 0. The molecule has 0 aliphatic heterocycles. The summed E-state index contributed by atoms with van der Waals surface area (Å²) in [6.45, 7) is 1.93. The van der Waals surface area contributed by atoms with Gasteiger partial charge in [0.25, 0.3) is 0 Å². The molecule has 0 saturated carbocycles. The molecule has 0 heterocycles. The van der Waals surface area contributed by atoms with Gasteiger partial charge in [-0.3, -0.25) is 4.79 Å². The van der Waals surface area contributed by atoms with E-state index in [0.717, 1.165) is 11.3 Å². The Balaban J connectivity index is 2.80. The molecule has 0 bridgehead atoms. The number of hydrogen-bond acceptors (Lipinski definition) is 2. The van der Waals surface area contributed by atoms with Gasteiger partial charge in [-0.1, -0.05) is 34.1 Å². The summed E-state index contributed by atoms with van der Waals surface area (Å²) < 4.78 is 5.22. The lowest BCUT2D eigenvalue weighted by Crippen LogP contribution is -2.27. The lowest BCUT2D eigenvalue weighted by Gasteiger charge is -2.16. The fourth-order valence-electron chi connectivity index (χ4n) is 1.38. The summed E-state index contributed by atoms with van der Waals surface area (Å²) >= 11 is 3.11. The van der Waals surface area contributed by atoms with E-state index in [-0.39, 0.29) is 11.9 Å². The monoisotopic (exact) mass is 271 g/mol. The predicted molar refractivity (Wildman–Crippen MR) is 63.3 cm³/mol. The first kappa shape index (κ1) is 12.0. The highest BCUT2D eigenvalue weighted by Crippen LogP contribution is 2.24. The SMILES string of the molecule is COc1ccccc1C(C)NC(=O)CBr. The molecule has 1 atom stereocenters. The van der Waals surface area contributed by atoms with E-state index < -0.39 is 0 Å². The molecule has 0 fully saturated rings. The van der Waals surface area contributed by atoms with Crippen molar-refractivity contribution in [3.63, 3.8) is 0 Å².